The molecule has 170 valence electrons. The van der Waals surface area contributed by atoms with Crippen molar-refractivity contribution in [1.82, 2.24) is 16.0 Å². The van der Waals surface area contributed by atoms with Crippen LogP contribution >= 0.6 is 0 Å². The highest BCUT2D eigenvalue weighted by molar-refractivity contribution is 5.95. The number of carboxylic acids is 1. The average molecular weight is 432 g/mol. The summed E-state index contributed by atoms with van der Waals surface area (Å²) in [6.45, 7) is -1.28. The Balaban J connectivity index is 5.28. The highest BCUT2D eigenvalue weighted by atomic mass is 16.4. The van der Waals surface area contributed by atoms with E-state index in [1.165, 1.54) is 0 Å². The Labute approximate surface area is 171 Å². The second-order valence-corrected chi connectivity index (χ2v) is 6.14. The lowest BCUT2D eigenvalue weighted by molar-refractivity contribution is -0.138. The van der Waals surface area contributed by atoms with Gasteiger partial charge in [0, 0.05) is 6.54 Å². The standard InChI is InChI=1S/C15H28N8O7/c16-7(6-24)12(28)22-8(2-1-3-20-15(18)19)14(30)23-9(4-10(17)25)13(29)21-5-11(26)27/h7-9,24H,1-6,16H2,(H2,17,25)(H,21,29)(H,22,28)(H,23,30)(H,26,27)(H4,18,19,20). The predicted molar refractivity (Wildman–Crippen MR) is 103 cm³/mol. The maximum Gasteiger partial charge on any atom is 0.322 e. The Bertz CT molecular complexity index is 665. The van der Waals surface area contributed by atoms with E-state index in [0.29, 0.717) is 0 Å². The molecule has 0 radical (unpaired) electrons. The van der Waals surface area contributed by atoms with Gasteiger partial charge in [0.2, 0.25) is 23.6 Å². The molecule has 15 heteroatoms. The number of hydrogen-bond donors (Lipinski definition) is 9. The van der Waals surface area contributed by atoms with E-state index in [0.717, 1.165) is 0 Å². The number of aliphatic hydroxyl groups is 1. The van der Waals surface area contributed by atoms with E-state index in [4.69, 9.17) is 33.1 Å². The van der Waals surface area contributed by atoms with Crippen LogP contribution < -0.4 is 38.9 Å². The van der Waals surface area contributed by atoms with Crippen molar-refractivity contribution >= 4 is 35.6 Å². The minimum absolute atomic E-state index is 0.0204. The smallest absolute Gasteiger partial charge is 0.322 e. The van der Waals surface area contributed by atoms with Crippen molar-refractivity contribution in [2.45, 2.75) is 37.4 Å². The molecule has 0 rings (SSSR count). The molecule has 0 aromatic heterocycles. The number of carbonyl (C=O) groups is 5. The van der Waals surface area contributed by atoms with Crippen molar-refractivity contribution in [3.8, 4) is 0 Å². The fourth-order valence-corrected chi connectivity index (χ4v) is 2.10. The van der Waals surface area contributed by atoms with Crippen molar-refractivity contribution in [3.05, 3.63) is 0 Å². The number of hydrogen-bond acceptors (Lipinski definition) is 8. The maximum atomic E-state index is 12.6. The lowest BCUT2D eigenvalue weighted by atomic mass is 10.1. The maximum absolute atomic E-state index is 12.6. The largest absolute Gasteiger partial charge is 0.480 e. The van der Waals surface area contributed by atoms with Crippen LogP contribution in [-0.4, -0.2) is 83.6 Å². The van der Waals surface area contributed by atoms with E-state index in [-0.39, 0.29) is 25.3 Å². The fourth-order valence-electron chi connectivity index (χ4n) is 2.10. The first-order valence-electron chi connectivity index (χ1n) is 8.78. The van der Waals surface area contributed by atoms with Gasteiger partial charge in [0.1, 0.15) is 24.7 Å². The summed E-state index contributed by atoms with van der Waals surface area (Å²) in [5.74, 6) is -5.09. The van der Waals surface area contributed by atoms with Crippen molar-refractivity contribution in [2.24, 2.45) is 27.9 Å². The molecule has 13 N–H and O–H groups in total. The molecule has 0 fully saturated rings. The number of aliphatic hydroxyl groups excluding tert-OH is 1. The second kappa shape index (κ2) is 13.7. The molecule has 0 aliphatic heterocycles. The number of nitrogens with one attached hydrogen (secondary N) is 3. The van der Waals surface area contributed by atoms with Gasteiger partial charge in [-0.15, -0.1) is 0 Å². The number of aliphatic imine (C=N–C) groups is 1. The van der Waals surface area contributed by atoms with Crippen molar-refractivity contribution in [3.63, 3.8) is 0 Å². The Kier molecular flexibility index (Phi) is 12.1. The van der Waals surface area contributed by atoms with E-state index >= 15 is 0 Å². The van der Waals surface area contributed by atoms with Gasteiger partial charge < -0.3 is 49.1 Å². The summed E-state index contributed by atoms with van der Waals surface area (Å²) in [6.07, 6.45) is -0.342. The van der Waals surface area contributed by atoms with E-state index in [9.17, 15) is 24.0 Å². The average Bonchev–Trinajstić information content (AvgIpc) is 2.66. The molecule has 0 aliphatic rings. The zero-order chi connectivity index (χ0) is 23.3. The minimum atomic E-state index is -1.47. The van der Waals surface area contributed by atoms with Gasteiger partial charge in [0.25, 0.3) is 0 Å². The first-order valence-corrected chi connectivity index (χ1v) is 8.78. The van der Waals surface area contributed by atoms with E-state index in [1.807, 2.05) is 5.32 Å². The van der Waals surface area contributed by atoms with Crippen LogP contribution in [0.2, 0.25) is 0 Å². The van der Waals surface area contributed by atoms with Gasteiger partial charge in [0.15, 0.2) is 5.96 Å². The van der Waals surface area contributed by atoms with Crippen molar-refractivity contribution in [2.75, 3.05) is 19.7 Å². The van der Waals surface area contributed by atoms with Crippen LogP contribution in [0.4, 0.5) is 0 Å². The number of carbonyl (C=O) groups excluding carboxylic acids is 4. The molecule has 15 nitrogen and oxygen atoms in total. The van der Waals surface area contributed by atoms with Crippen LogP contribution in [0.5, 0.6) is 0 Å². The highest BCUT2D eigenvalue weighted by Crippen LogP contribution is 2.02. The summed E-state index contributed by atoms with van der Waals surface area (Å²) >= 11 is 0. The van der Waals surface area contributed by atoms with Gasteiger partial charge in [-0.05, 0) is 12.8 Å². The Morgan fingerprint density at radius 3 is 2.03 bits per heavy atom. The molecule has 0 spiro atoms. The van der Waals surface area contributed by atoms with E-state index < -0.39 is 67.3 Å². The van der Waals surface area contributed by atoms with Gasteiger partial charge in [0.05, 0.1) is 13.0 Å². The molecular weight excluding hydrogens is 404 g/mol. The fraction of sp³-hybridized carbons (Fsp3) is 0.600. The predicted octanol–water partition coefficient (Wildman–Crippen LogP) is -5.59. The first kappa shape index (κ1) is 26.5. The topological polar surface area (TPSA) is 278 Å². The normalized spacial score (nSPS) is 13.3. The van der Waals surface area contributed by atoms with Crippen LogP contribution in [0.1, 0.15) is 19.3 Å². The number of aliphatic carboxylic acids is 1. The number of carboxylic acid groups (broad SMARTS) is 1. The Morgan fingerprint density at radius 2 is 1.53 bits per heavy atom. The lowest BCUT2D eigenvalue weighted by Crippen LogP contribution is -2.57. The molecule has 0 bridgehead atoms. The van der Waals surface area contributed by atoms with Crippen molar-refractivity contribution < 1.29 is 34.2 Å². The third-order valence-electron chi connectivity index (χ3n) is 3.56. The third-order valence-corrected chi connectivity index (χ3v) is 3.56. The molecule has 0 heterocycles. The summed E-state index contributed by atoms with van der Waals surface area (Å²) in [6, 6.07) is -3.98. The van der Waals surface area contributed by atoms with Gasteiger partial charge in [-0.3, -0.25) is 29.0 Å². The number of guanidine groups is 1. The number of nitrogens with zero attached hydrogens (tertiary/aromatic N) is 1. The number of amides is 4. The quantitative estimate of drug-likeness (QED) is 0.0712. The SMILES string of the molecule is NC(=O)CC(NC(=O)C(CCCN=C(N)N)NC(=O)C(N)CO)C(=O)NCC(=O)O. The molecule has 0 aromatic rings. The summed E-state index contributed by atoms with van der Waals surface area (Å²) in [7, 11) is 0. The van der Waals surface area contributed by atoms with Crippen LogP contribution in [0.15, 0.2) is 4.99 Å². The molecule has 0 aromatic carbocycles. The second-order valence-electron chi connectivity index (χ2n) is 6.14. The number of rotatable bonds is 14. The van der Waals surface area contributed by atoms with Crippen LogP contribution in [-0.2, 0) is 24.0 Å². The first-order chi connectivity index (χ1) is 14.0. The van der Waals surface area contributed by atoms with Gasteiger partial charge in [-0.25, -0.2) is 0 Å². The van der Waals surface area contributed by atoms with Gasteiger partial charge in [-0.1, -0.05) is 0 Å². The zero-order valence-corrected chi connectivity index (χ0v) is 16.2. The summed E-state index contributed by atoms with van der Waals surface area (Å²) in [4.78, 5) is 62.1. The third kappa shape index (κ3) is 11.4. The number of primary amides is 1. The van der Waals surface area contributed by atoms with Gasteiger partial charge in [-0.2, -0.15) is 0 Å². The summed E-state index contributed by atoms with van der Waals surface area (Å²) in [5, 5.41) is 24.2. The molecular formula is C15H28N8O7. The van der Waals surface area contributed by atoms with Crippen LogP contribution in [0.25, 0.3) is 0 Å². The molecule has 0 saturated heterocycles. The minimum Gasteiger partial charge on any atom is -0.480 e. The van der Waals surface area contributed by atoms with E-state index in [1.54, 1.807) is 0 Å². The molecule has 0 aliphatic carbocycles. The summed E-state index contributed by atoms with van der Waals surface area (Å²) in [5.41, 5.74) is 20.9. The molecule has 3 unspecified atom stereocenters. The van der Waals surface area contributed by atoms with Gasteiger partial charge >= 0.3 is 5.97 Å². The molecule has 30 heavy (non-hydrogen) atoms. The lowest BCUT2D eigenvalue weighted by Gasteiger charge is -2.23. The monoisotopic (exact) mass is 432 g/mol. The molecule has 4 amide bonds. The zero-order valence-electron chi connectivity index (χ0n) is 16.2. The number of nitrogens with two attached hydrogens (primary N) is 4. The van der Waals surface area contributed by atoms with Crippen molar-refractivity contribution in [1.29, 1.82) is 0 Å². The Morgan fingerprint density at radius 1 is 0.933 bits per heavy atom. The molecule has 3 atom stereocenters. The summed E-state index contributed by atoms with van der Waals surface area (Å²) < 4.78 is 0. The van der Waals surface area contributed by atoms with Crippen LogP contribution in [0, 0.1) is 0 Å². The molecule has 0 saturated carbocycles. The van der Waals surface area contributed by atoms with E-state index in [2.05, 4.69) is 15.6 Å². The van der Waals surface area contributed by atoms with Crippen LogP contribution in [0.3, 0.4) is 0 Å². The Hall–Kier alpha value is -3.46. The highest BCUT2D eigenvalue weighted by Gasteiger charge is 2.28.